The maximum atomic E-state index is 2.81. The fraction of sp³-hybridized carbons (Fsp3) is 1.00. The van der Waals surface area contributed by atoms with Crippen molar-refractivity contribution in [2.75, 3.05) is 26.2 Å². The van der Waals surface area contributed by atoms with Gasteiger partial charge < -0.3 is 0 Å². The van der Waals surface area contributed by atoms with Gasteiger partial charge in [0.1, 0.15) is 0 Å². The lowest BCUT2D eigenvalue weighted by Crippen LogP contribution is -2.55. The van der Waals surface area contributed by atoms with Crippen LogP contribution in [-0.4, -0.2) is 48.1 Å². The van der Waals surface area contributed by atoms with E-state index in [9.17, 15) is 0 Å². The maximum Gasteiger partial charge on any atom is 0.0224 e. The van der Waals surface area contributed by atoms with Crippen LogP contribution in [0.5, 0.6) is 0 Å². The topological polar surface area (TPSA) is 6.48 Å². The average Bonchev–Trinajstić information content (AvgIpc) is 2.79. The first-order valence-corrected chi connectivity index (χ1v) is 8.20. The molecular formula is C16H30N2. The van der Waals surface area contributed by atoms with Crippen LogP contribution in [0, 0.1) is 11.8 Å². The number of piperazine rings is 1. The Bertz CT molecular complexity index is 270. The molecule has 3 fully saturated rings. The molecule has 3 rings (SSSR count). The highest BCUT2D eigenvalue weighted by atomic mass is 15.3. The second-order valence-corrected chi connectivity index (χ2v) is 7.22. The Labute approximate surface area is 113 Å². The predicted molar refractivity (Wildman–Crippen MR) is 76.8 cm³/mol. The smallest absolute Gasteiger partial charge is 0.0224 e. The Kier molecular flexibility index (Phi) is 3.95. The van der Waals surface area contributed by atoms with E-state index in [1.165, 1.54) is 64.7 Å². The summed E-state index contributed by atoms with van der Waals surface area (Å²) in [5.41, 5.74) is 0. The minimum atomic E-state index is 0.790. The molecule has 0 aromatic heterocycles. The molecular weight excluding hydrogens is 220 g/mol. The van der Waals surface area contributed by atoms with Crippen molar-refractivity contribution in [1.82, 2.24) is 9.80 Å². The van der Waals surface area contributed by atoms with Crippen molar-refractivity contribution in [3.8, 4) is 0 Å². The van der Waals surface area contributed by atoms with Crippen LogP contribution in [0.2, 0.25) is 0 Å². The minimum Gasteiger partial charge on any atom is -0.298 e. The molecule has 2 aliphatic heterocycles. The second-order valence-electron chi connectivity index (χ2n) is 7.22. The van der Waals surface area contributed by atoms with E-state index in [1.807, 2.05) is 0 Å². The van der Waals surface area contributed by atoms with Crippen molar-refractivity contribution in [2.24, 2.45) is 11.8 Å². The van der Waals surface area contributed by atoms with Gasteiger partial charge in [0.05, 0.1) is 0 Å². The first kappa shape index (κ1) is 12.9. The summed E-state index contributed by atoms with van der Waals surface area (Å²) in [5, 5.41) is 0. The SMILES string of the molecule is CC1CCC(CN2CC3CCCN3CC2C)CC1. The Morgan fingerprint density at radius 3 is 2.50 bits per heavy atom. The van der Waals surface area contributed by atoms with Crippen LogP contribution in [0.25, 0.3) is 0 Å². The molecule has 104 valence electrons. The summed E-state index contributed by atoms with van der Waals surface area (Å²) in [6, 6.07) is 1.68. The van der Waals surface area contributed by atoms with Gasteiger partial charge in [0.15, 0.2) is 0 Å². The largest absolute Gasteiger partial charge is 0.298 e. The Morgan fingerprint density at radius 2 is 1.72 bits per heavy atom. The van der Waals surface area contributed by atoms with Crippen molar-refractivity contribution in [3.63, 3.8) is 0 Å². The van der Waals surface area contributed by atoms with Crippen molar-refractivity contribution in [1.29, 1.82) is 0 Å². The van der Waals surface area contributed by atoms with Gasteiger partial charge in [-0.15, -0.1) is 0 Å². The fourth-order valence-electron chi connectivity index (χ4n) is 4.35. The highest BCUT2D eigenvalue weighted by Crippen LogP contribution is 2.31. The van der Waals surface area contributed by atoms with E-state index in [-0.39, 0.29) is 0 Å². The molecule has 0 amide bonds. The molecule has 0 N–H and O–H groups in total. The molecule has 0 aromatic rings. The van der Waals surface area contributed by atoms with E-state index in [2.05, 4.69) is 23.6 Å². The highest BCUT2D eigenvalue weighted by molar-refractivity contribution is 4.91. The van der Waals surface area contributed by atoms with E-state index in [0.717, 1.165) is 23.9 Å². The summed E-state index contributed by atoms with van der Waals surface area (Å²) in [7, 11) is 0. The van der Waals surface area contributed by atoms with Gasteiger partial charge in [-0.05, 0) is 51.0 Å². The van der Waals surface area contributed by atoms with Crippen LogP contribution in [0.4, 0.5) is 0 Å². The molecule has 0 spiro atoms. The summed E-state index contributed by atoms with van der Waals surface area (Å²) >= 11 is 0. The van der Waals surface area contributed by atoms with E-state index in [1.54, 1.807) is 0 Å². The van der Waals surface area contributed by atoms with Gasteiger partial charge in [-0.25, -0.2) is 0 Å². The predicted octanol–water partition coefficient (Wildman–Crippen LogP) is 2.98. The molecule has 3 aliphatic rings. The number of fused-ring (bicyclic) bond motifs is 1. The van der Waals surface area contributed by atoms with Crippen LogP contribution < -0.4 is 0 Å². The standard InChI is InChI=1S/C16H30N2/c1-13-5-7-15(8-6-13)11-18-12-16-4-3-9-17(16)10-14(18)2/h13-16H,3-12H2,1-2H3. The van der Waals surface area contributed by atoms with Gasteiger partial charge >= 0.3 is 0 Å². The number of rotatable bonds is 2. The maximum absolute atomic E-state index is 2.81. The zero-order valence-corrected chi connectivity index (χ0v) is 12.3. The van der Waals surface area contributed by atoms with Crippen molar-refractivity contribution in [3.05, 3.63) is 0 Å². The Morgan fingerprint density at radius 1 is 0.944 bits per heavy atom. The van der Waals surface area contributed by atoms with Gasteiger partial charge in [-0.1, -0.05) is 19.8 Å². The van der Waals surface area contributed by atoms with E-state index < -0.39 is 0 Å². The average molecular weight is 250 g/mol. The van der Waals surface area contributed by atoms with Crippen LogP contribution in [0.1, 0.15) is 52.4 Å². The molecule has 0 radical (unpaired) electrons. The number of hydrogen-bond donors (Lipinski definition) is 0. The third-order valence-electron chi connectivity index (χ3n) is 5.69. The lowest BCUT2D eigenvalue weighted by atomic mass is 9.82. The summed E-state index contributed by atoms with van der Waals surface area (Å²) in [6.07, 6.45) is 8.81. The molecule has 2 unspecified atom stereocenters. The van der Waals surface area contributed by atoms with Gasteiger partial charge in [-0.2, -0.15) is 0 Å². The quantitative estimate of drug-likeness (QED) is 0.743. The molecule has 1 aliphatic carbocycles. The van der Waals surface area contributed by atoms with Crippen LogP contribution in [-0.2, 0) is 0 Å². The molecule has 2 heterocycles. The Balaban J connectivity index is 1.52. The van der Waals surface area contributed by atoms with Crippen molar-refractivity contribution >= 4 is 0 Å². The minimum absolute atomic E-state index is 0.790. The Hall–Kier alpha value is -0.0800. The van der Waals surface area contributed by atoms with E-state index in [0.29, 0.717) is 0 Å². The van der Waals surface area contributed by atoms with Gasteiger partial charge in [0.2, 0.25) is 0 Å². The molecule has 2 atom stereocenters. The number of nitrogens with zero attached hydrogens (tertiary/aromatic N) is 2. The second kappa shape index (κ2) is 5.50. The third kappa shape index (κ3) is 2.75. The molecule has 18 heavy (non-hydrogen) atoms. The highest BCUT2D eigenvalue weighted by Gasteiger charge is 2.35. The van der Waals surface area contributed by atoms with Crippen molar-refractivity contribution in [2.45, 2.75) is 64.5 Å². The zero-order valence-electron chi connectivity index (χ0n) is 12.3. The number of hydrogen-bond acceptors (Lipinski definition) is 2. The molecule has 0 aromatic carbocycles. The van der Waals surface area contributed by atoms with Crippen LogP contribution >= 0.6 is 0 Å². The third-order valence-corrected chi connectivity index (χ3v) is 5.69. The molecule has 1 saturated carbocycles. The van der Waals surface area contributed by atoms with E-state index in [4.69, 9.17) is 0 Å². The lowest BCUT2D eigenvalue weighted by molar-refractivity contribution is 0.0415. The van der Waals surface area contributed by atoms with Gasteiger partial charge in [-0.3, -0.25) is 9.80 Å². The first-order chi connectivity index (χ1) is 8.72. The van der Waals surface area contributed by atoms with Crippen LogP contribution in [0.15, 0.2) is 0 Å². The summed E-state index contributed by atoms with van der Waals surface area (Å²) < 4.78 is 0. The van der Waals surface area contributed by atoms with E-state index >= 15 is 0 Å². The first-order valence-electron chi connectivity index (χ1n) is 8.20. The lowest BCUT2D eigenvalue weighted by Gasteiger charge is -2.44. The van der Waals surface area contributed by atoms with Gasteiger partial charge in [0, 0.05) is 31.7 Å². The summed E-state index contributed by atoms with van der Waals surface area (Å²) in [6.45, 7) is 10.3. The molecule has 2 saturated heterocycles. The molecule has 2 nitrogen and oxygen atoms in total. The molecule has 2 heteroatoms. The van der Waals surface area contributed by atoms with Crippen molar-refractivity contribution < 1.29 is 0 Å². The normalized spacial score (nSPS) is 43.0. The molecule has 0 bridgehead atoms. The fourth-order valence-corrected chi connectivity index (χ4v) is 4.35. The summed E-state index contributed by atoms with van der Waals surface area (Å²) in [5.74, 6) is 1.99. The van der Waals surface area contributed by atoms with Crippen LogP contribution in [0.3, 0.4) is 0 Å². The monoisotopic (exact) mass is 250 g/mol. The van der Waals surface area contributed by atoms with Gasteiger partial charge in [0.25, 0.3) is 0 Å². The zero-order chi connectivity index (χ0) is 12.5. The summed E-state index contributed by atoms with van der Waals surface area (Å²) in [4.78, 5) is 5.55.